The van der Waals surface area contributed by atoms with E-state index in [1.165, 1.54) is 0 Å². The molecule has 0 aromatic rings. The second-order valence-corrected chi connectivity index (χ2v) is 3.97. The zero-order valence-electron chi connectivity index (χ0n) is 5.33. The lowest BCUT2D eigenvalue weighted by atomic mass is 10.1. The van der Waals surface area contributed by atoms with Crippen LogP contribution >= 0.6 is 0 Å². The van der Waals surface area contributed by atoms with E-state index < -0.39 is 10.1 Å². The number of hydrogen-bond donors (Lipinski definition) is 0. The van der Waals surface area contributed by atoms with E-state index in [1.807, 2.05) is 6.92 Å². The van der Waals surface area contributed by atoms with Gasteiger partial charge in [-0.2, -0.15) is 8.42 Å². The lowest BCUT2D eigenvalue weighted by Gasteiger charge is -1.95. The van der Waals surface area contributed by atoms with Crippen molar-refractivity contribution < 1.29 is 12.6 Å². The molecule has 54 valence electrons. The van der Waals surface area contributed by atoms with Gasteiger partial charge in [0.2, 0.25) is 0 Å². The van der Waals surface area contributed by atoms with Gasteiger partial charge in [-0.1, -0.05) is 6.92 Å². The highest BCUT2D eigenvalue weighted by Gasteiger charge is 2.26. The SMILES string of the molecule is CC[C@@H]1COS(=O)(=O)C1. The lowest BCUT2D eigenvalue weighted by Crippen LogP contribution is -2.03. The van der Waals surface area contributed by atoms with Crippen LogP contribution in [0.1, 0.15) is 13.3 Å². The first-order valence-electron chi connectivity index (χ1n) is 3.01. The Bertz CT molecular complexity index is 182. The van der Waals surface area contributed by atoms with Crippen LogP contribution in [0.4, 0.5) is 0 Å². The normalized spacial score (nSPS) is 32.8. The lowest BCUT2D eigenvalue weighted by molar-refractivity contribution is 0.309. The molecule has 4 heteroatoms. The fraction of sp³-hybridized carbons (Fsp3) is 1.00. The zero-order valence-corrected chi connectivity index (χ0v) is 6.15. The van der Waals surface area contributed by atoms with Gasteiger partial charge in [0.1, 0.15) is 0 Å². The summed E-state index contributed by atoms with van der Waals surface area (Å²) in [6, 6.07) is 0. The first-order valence-corrected chi connectivity index (χ1v) is 4.59. The summed E-state index contributed by atoms with van der Waals surface area (Å²) in [6.07, 6.45) is 0.888. The van der Waals surface area contributed by atoms with Crippen molar-refractivity contribution in [3.05, 3.63) is 0 Å². The minimum atomic E-state index is -3.11. The molecule has 0 saturated carbocycles. The van der Waals surface area contributed by atoms with Gasteiger partial charge in [0.25, 0.3) is 10.1 Å². The van der Waals surface area contributed by atoms with Gasteiger partial charge in [0, 0.05) is 0 Å². The number of hydrogen-bond acceptors (Lipinski definition) is 3. The van der Waals surface area contributed by atoms with Gasteiger partial charge >= 0.3 is 0 Å². The Morgan fingerprint density at radius 2 is 2.33 bits per heavy atom. The van der Waals surface area contributed by atoms with Gasteiger partial charge in [-0.05, 0) is 12.3 Å². The topological polar surface area (TPSA) is 43.4 Å². The van der Waals surface area contributed by atoms with Crippen LogP contribution in [0.5, 0.6) is 0 Å². The van der Waals surface area contributed by atoms with Crippen molar-refractivity contribution in [2.75, 3.05) is 12.4 Å². The highest BCUT2D eigenvalue weighted by Crippen LogP contribution is 2.16. The number of rotatable bonds is 1. The van der Waals surface area contributed by atoms with Gasteiger partial charge in [-0.15, -0.1) is 0 Å². The molecule has 0 spiro atoms. The van der Waals surface area contributed by atoms with E-state index in [0.29, 0.717) is 6.61 Å². The summed E-state index contributed by atoms with van der Waals surface area (Å²) in [7, 11) is -3.11. The fourth-order valence-corrected chi connectivity index (χ4v) is 2.23. The quantitative estimate of drug-likeness (QED) is 0.507. The minimum Gasteiger partial charge on any atom is -0.270 e. The summed E-state index contributed by atoms with van der Waals surface area (Å²) in [6.45, 7) is 2.35. The average Bonchev–Trinajstić information content (AvgIpc) is 2.10. The predicted octanol–water partition coefficient (Wildman–Crippen LogP) is 0.373. The van der Waals surface area contributed by atoms with E-state index in [4.69, 9.17) is 0 Å². The Hall–Kier alpha value is -0.0900. The molecule has 0 aliphatic carbocycles. The molecular formula is C5H10O3S. The molecule has 1 heterocycles. The van der Waals surface area contributed by atoms with Crippen molar-refractivity contribution in [1.82, 2.24) is 0 Å². The third-order valence-corrected chi connectivity index (χ3v) is 2.88. The second-order valence-electron chi connectivity index (χ2n) is 2.28. The third kappa shape index (κ3) is 1.66. The smallest absolute Gasteiger partial charge is 0.267 e. The van der Waals surface area contributed by atoms with Gasteiger partial charge < -0.3 is 0 Å². The highest BCUT2D eigenvalue weighted by atomic mass is 32.2. The molecule has 0 radical (unpaired) electrons. The summed E-state index contributed by atoms with van der Waals surface area (Å²) >= 11 is 0. The van der Waals surface area contributed by atoms with Crippen LogP contribution in [-0.4, -0.2) is 20.8 Å². The van der Waals surface area contributed by atoms with Gasteiger partial charge in [-0.25, -0.2) is 0 Å². The highest BCUT2D eigenvalue weighted by molar-refractivity contribution is 7.86. The van der Waals surface area contributed by atoms with Gasteiger partial charge in [-0.3, -0.25) is 4.18 Å². The van der Waals surface area contributed by atoms with E-state index in [0.717, 1.165) is 6.42 Å². The van der Waals surface area contributed by atoms with Crippen LogP contribution in [0.3, 0.4) is 0 Å². The molecule has 9 heavy (non-hydrogen) atoms. The van der Waals surface area contributed by atoms with Gasteiger partial charge in [0.15, 0.2) is 0 Å². The molecule has 1 rings (SSSR count). The van der Waals surface area contributed by atoms with Crippen molar-refractivity contribution in [1.29, 1.82) is 0 Å². The van der Waals surface area contributed by atoms with E-state index in [9.17, 15) is 8.42 Å². The zero-order chi connectivity index (χ0) is 6.91. The maximum Gasteiger partial charge on any atom is 0.267 e. The molecule has 0 N–H and O–H groups in total. The molecule has 0 bridgehead atoms. The van der Waals surface area contributed by atoms with Crippen LogP contribution in [-0.2, 0) is 14.3 Å². The summed E-state index contributed by atoms with van der Waals surface area (Å²) in [5.74, 6) is 0.443. The monoisotopic (exact) mass is 150 g/mol. The average molecular weight is 150 g/mol. The third-order valence-electron chi connectivity index (χ3n) is 1.50. The van der Waals surface area contributed by atoms with Crippen molar-refractivity contribution in [3.8, 4) is 0 Å². The molecule has 1 fully saturated rings. The molecule has 0 amide bonds. The van der Waals surface area contributed by atoms with Crippen molar-refractivity contribution in [2.45, 2.75) is 13.3 Å². The Morgan fingerprint density at radius 3 is 2.56 bits per heavy atom. The molecule has 0 unspecified atom stereocenters. The molecule has 1 aliphatic heterocycles. The summed E-state index contributed by atoms with van der Waals surface area (Å²) < 4.78 is 25.7. The second kappa shape index (κ2) is 2.27. The van der Waals surface area contributed by atoms with Crippen LogP contribution in [0, 0.1) is 5.92 Å². The molecule has 1 atom stereocenters. The Kier molecular flexibility index (Phi) is 1.77. The van der Waals surface area contributed by atoms with Crippen LogP contribution in [0.2, 0.25) is 0 Å². The molecule has 3 nitrogen and oxygen atoms in total. The van der Waals surface area contributed by atoms with Gasteiger partial charge in [0.05, 0.1) is 12.4 Å². The minimum absolute atomic E-state index is 0.212. The largest absolute Gasteiger partial charge is 0.270 e. The summed E-state index contributed by atoms with van der Waals surface area (Å²) in [5, 5.41) is 0. The standard InChI is InChI=1S/C5H10O3S/c1-2-5-3-8-9(6,7)4-5/h5H,2-4H2,1H3/t5-/m1/s1. The first kappa shape index (κ1) is 7.02. The molecule has 1 aliphatic rings. The summed E-state index contributed by atoms with van der Waals surface area (Å²) in [5.41, 5.74) is 0. The van der Waals surface area contributed by atoms with Crippen molar-refractivity contribution in [2.24, 2.45) is 5.92 Å². The van der Waals surface area contributed by atoms with Crippen molar-refractivity contribution in [3.63, 3.8) is 0 Å². The van der Waals surface area contributed by atoms with E-state index >= 15 is 0 Å². The Morgan fingerprint density at radius 1 is 1.67 bits per heavy atom. The Labute approximate surface area is 55.1 Å². The Balaban J connectivity index is 2.58. The molecule has 1 saturated heterocycles. The van der Waals surface area contributed by atoms with Crippen LogP contribution in [0.15, 0.2) is 0 Å². The fourth-order valence-electron chi connectivity index (χ4n) is 0.820. The van der Waals surface area contributed by atoms with E-state index in [2.05, 4.69) is 4.18 Å². The molecular weight excluding hydrogens is 140 g/mol. The van der Waals surface area contributed by atoms with Crippen molar-refractivity contribution >= 4 is 10.1 Å². The summed E-state index contributed by atoms with van der Waals surface area (Å²) in [4.78, 5) is 0. The molecule has 0 aromatic carbocycles. The first-order chi connectivity index (χ1) is 4.14. The maximum absolute atomic E-state index is 10.6. The van der Waals surface area contributed by atoms with Crippen LogP contribution in [0.25, 0.3) is 0 Å². The van der Waals surface area contributed by atoms with E-state index in [1.54, 1.807) is 0 Å². The molecule has 0 aromatic heterocycles. The van der Waals surface area contributed by atoms with Crippen LogP contribution < -0.4 is 0 Å². The predicted molar refractivity (Wildman–Crippen MR) is 33.5 cm³/mol. The maximum atomic E-state index is 10.6. The van der Waals surface area contributed by atoms with E-state index in [-0.39, 0.29) is 11.7 Å².